The van der Waals surface area contributed by atoms with Gasteiger partial charge in [0, 0.05) is 24.3 Å². The van der Waals surface area contributed by atoms with Crippen LogP contribution in [-0.4, -0.2) is 12.6 Å². The van der Waals surface area contributed by atoms with Crippen molar-refractivity contribution in [2.75, 3.05) is 6.54 Å². The standard InChI is InChI=1S/C19H19NO2S/c21-19(22-14-17-8-2-1-3-9-17)20-12-5-4-7-16-10-6-11-18(13-16)15-23/h1-3,6,8-11,13,23H,5,12,14-15H2,(H,20,21). The first-order chi connectivity index (χ1) is 11.3. The molecule has 0 aromatic heterocycles. The summed E-state index contributed by atoms with van der Waals surface area (Å²) in [5.74, 6) is 6.81. The maximum Gasteiger partial charge on any atom is 0.407 e. The first-order valence-corrected chi connectivity index (χ1v) is 8.04. The lowest BCUT2D eigenvalue weighted by Crippen LogP contribution is -2.24. The Morgan fingerprint density at radius 1 is 1.09 bits per heavy atom. The summed E-state index contributed by atoms with van der Waals surface area (Å²) < 4.78 is 5.12. The van der Waals surface area contributed by atoms with Gasteiger partial charge in [-0.25, -0.2) is 4.79 Å². The van der Waals surface area contributed by atoms with E-state index in [9.17, 15) is 4.79 Å². The third-order valence-corrected chi connectivity index (χ3v) is 3.44. The predicted octanol–water partition coefficient (Wildman–Crippen LogP) is 3.78. The molecule has 0 aliphatic rings. The number of hydrogen-bond donors (Lipinski definition) is 2. The Morgan fingerprint density at radius 3 is 2.65 bits per heavy atom. The van der Waals surface area contributed by atoms with Crippen LogP contribution >= 0.6 is 12.6 Å². The van der Waals surface area contributed by atoms with Gasteiger partial charge in [0.15, 0.2) is 0 Å². The Balaban J connectivity index is 1.67. The zero-order valence-corrected chi connectivity index (χ0v) is 13.7. The van der Waals surface area contributed by atoms with Gasteiger partial charge >= 0.3 is 6.09 Å². The normalized spacial score (nSPS) is 9.61. The minimum absolute atomic E-state index is 0.273. The van der Waals surface area contributed by atoms with Crippen molar-refractivity contribution in [2.45, 2.75) is 18.8 Å². The van der Waals surface area contributed by atoms with E-state index < -0.39 is 6.09 Å². The SMILES string of the molecule is O=C(NCCC#Cc1cccc(CS)c1)OCc1ccccc1. The largest absolute Gasteiger partial charge is 0.445 e. The van der Waals surface area contributed by atoms with Crippen molar-refractivity contribution in [1.82, 2.24) is 5.32 Å². The van der Waals surface area contributed by atoms with Crippen molar-refractivity contribution in [3.05, 3.63) is 71.3 Å². The van der Waals surface area contributed by atoms with Crippen molar-refractivity contribution < 1.29 is 9.53 Å². The van der Waals surface area contributed by atoms with E-state index in [2.05, 4.69) is 29.8 Å². The number of hydrogen-bond acceptors (Lipinski definition) is 3. The molecule has 23 heavy (non-hydrogen) atoms. The number of nitrogens with one attached hydrogen (secondary N) is 1. The third-order valence-electron chi connectivity index (χ3n) is 3.07. The summed E-state index contributed by atoms with van der Waals surface area (Å²) in [5, 5.41) is 2.69. The smallest absolute Gasteiger partial charge is 0.407 e. The van der Waals surface area contributed by atoms with E-state index in [0.29, 0.717) is 18.7 Å². The monoisotopic (exact) mass is 325 g/mol. The van der Waals surface area contributed by atoms with Crippen LogP contribution in [0, 0.1) is 11.8 Å². The van der Waals surface area contributed by atoms with Gasteiger partial charge in [0.1, 0.15) is 6.61 Å². The number of carbonyl (C=O) groups is 1. The van der Waals surface area contributed by atoms with Gasteiger partial charge in [0.2, 0.25) is 0 Å². The Labute approximate surface area is 142 Å². The van der Waals surface area contributed by atoms with Gasteiger partial charge < -0.3 is 10.1 Å². The Bertz CT molecular complexity index is 689. The second kappa shape index (κ2) is 9.60. The highest BCUT2D eigenvalue weighted by molar-refractivity contribution is 7.79. The van der Waals surface area contributed by atoms with Crippen LogP contribution in [0.5, 0.6) is 0 Å². The highest BCUT2D eigenvalue weighted by atomic mass is 32.1. The van der Waals surface area contributed by atoms with Gasteiger partial charge in [-0.2, -0.15) is 12.6 Å². The van der Waals surface area contributed by atoms with Crippen molar-refractivity contribution in [3.63, 3.8) is 0 Å². The van der Waals surface area contributed by atoms with Crippen LogP contribution in [0.25, 0.3) is 0 Å². The molecule has 2 aromatic carbocycles. The van der Waals surface area contributed by atoms with E-state index in [4.69, 9.17) is 4.74 Å². The lowest BCUT2D eigenvalue weighted by atomic mass is 10.1. The van der Waals surface area contributed by atoms with E-state index in [1.165, 1.54) is 0 Å². The van der Waals surface area contributed by atoms with Gasteiger partial charge in [0.05, 0.1) is 0 Å². The van der Waals surface area contributed by atoms with E-state index in [-0.39, 0.29) is 6.61 Å². The molecular formula is C19H19NO2S. The molecule has 2 rings (SSSR count). The molecule has 118 valence electrons. The van der Waals surface area contributed by atoms with Crippen molar-refractivity contribution in [1.29, 1.82) is 0 Å². The molecule has 0 bridgehead atoms. The zero-order chi connectivity index (χ0) is 16.3. The number of thiol groups is 1. The predicted molar refractivity (Wildman–Crippen MR) is 95.3 cm³/mol. The van der Waals surface area contributed by atoms with Crippen molar-refractivity contribution >= 4 is 18.7 Å². The maximum atomic E-state index is 11.5. The second-order valence-corrected chi connectivity index (χ2v) is 5.22. The summed E-state index contributed by atoms with van der Waals surface area (Å²) in [4.78, 5) is 11.5. The molecular weight excluding hydrogens is 306 g/mol. The molecule has 0 aliphatic heterocycles. The topological polar surface area (TPSA) is 38.3 Å². The Kier molecular flexibility index (Phi) is 7.09. The molecule has 1 amide bonds. The minimum Gasteiger partial charge on any atom is -0.445 e. The second-order valence-electron chi connectivity index (χ2n) is 4.90. The van der Waals surface area contributed by atoms with Crippen LogP contribution in [0.4, 0.5) is 4.79 Å². The van der Waals surface area contributed by atoms with Gasteiger partial charge in [-0.3, -0.25) is 0 Å². The summed E-state index contributed by atoms with van der Waals surface area (Å²) in [6.07, 6.45) is 0.152. The summed E-state index contributed by atoms with van der Waals surface area (Å²) in [5.41, 5.74) is 3.07. The molecule has 0 heterocycles. The van der Waals surface area contributed by atoms with Crippen LogP contribution in [0.3, 0.4) is 0 Å². The third kappa shape index (κ3) is 6.50. The minimum atomic E-state index is -0.423. The van der Waals surface area contributed by atoms with Crippen molar-refractivity contribution in [2.24, 2.45) is 0 Å². The van der Waals surface area contributed by atoms with Gasteiger partial charge in [-0.15, -0.1) is 0 Å². The van der Waals surface area contributed by atoms with E-state index in [1.54, 1.807) is 0 Å². The molecule has 0 fully saturated rings. The molecule has 0 radical (unpaired) electrons. The zero-order valence-electron chi connectivity index (χ0n) is 12.8. The molecule has 0 unspecified atom stereocenters. The summed E-state index contributed by atoms with van der Waals surface area (Å²) in [7, 11) is 0. The van der Waals surface area contributed by atoms with E-state index in [0.717, 1.165) is 16.7 Å². The lowest BCUT2D eigenvalue weighted by Gasteiger charge is -2.05. The van der Waals surface area contributed by atoms with Crippen LogP contribution in [0.2, 0.25) is 0 Å². The molecule has 3 nitrogen and oxygen atoms in total. The van der Waals surface area contributed by atoms with Crippen LogP contribution in [0.15, 0.2) is 54.6 Å². The van der Waals surface area contributed by atoms with Gasteiger partial charge in [-0.05, 0) is 23.3 Å². The Hall–Kier alpha value is -2.38. The quantitative estimate of drug-likeness (QED) is 0.499. The highest BCUT2D eigenvalue weighted by Crippen LogP contribution is 2.06. The number of rotatable bonds is 5. The average Bonchev–Trinajstić information content (AvgIpc) is 2.61. The average molecular weight is 325 g/mol. The fraction of sp³-hybridized carbons (Fsp3) is 0.211. The van der Waals surface area contributed by atoms with Crippen molar-refractivity contribution in [3.8, 4) is 11.8 Å². The van der Waals surface area contributed by atoms with Crippen LogP contribution < -0.4 is 5.32 Å². The molecule has 0 saturated carbocycles. The fourth-order valence-corrected chi connectivity index (χ4v) is 2.11. The first-order valence-electron chi connectivity index (χ1n) is 7.41. The highest BCUT2D eigenvalue weighted by Gasteiger charge is 2.00. The van der Waals surface area contributed by atoms with Crippen LogP contribution in [0.1, 0.15) is 23.1 Å². The number of carbonyl (C=O) groups excluding carboxylic acids is 1. The summed E-state index contributed by atoms with van der Waals surface area (Å²) in [6, 6.07) is 17.5. The molecule has 0 atom stereocenters. The number of alkyl carbamates (subject to hydrolysis) is 1. The number of amides is 1. The van der Waals surface area contributed by atoms with Gasteiger partial charge in [0.25, 0.3) is 0 Å². The molecule has 4 heteroatoms. The molecule has 0 aliphatic carbocycles. The van der Waals surface area contributed by atoms with E-state index in [1.807, 2.05) is 54.6 Å². The van der Waals surface area contributed by atoms with Crippen LogP contribution in [-0.2, 0) is 17.1 Å². The van der Waals surface area contributed by atoms with E-state index >= 15 is 0 Å². The number of ether oxygens (including phenoxy) is 1. The molecule has 2 aromatic rings. The molecule has 1 N–H and O–H groups in total. The summed E-state index contributed by atoms with van der Waals surface area (Å²) in [6.45, 7) is 0.738. The molecule has 0 spiro atoms. The fourth-order valence-electron chi connectivity index (χ4n) is 1.91. The van der Waals surface area contributed by atoms with Gasteiger partial charge in [-0.1, -0.05) is 54.3 Å². The first kappa shape index (κ1) is 17.0. The summed E-state index contributed by atoms with van der Waals surface area (Å²) >= 11 is 4.24. The maximum absolute atomic E-state index is 11.5. The molecule has 0 saturated heterocycles. The Morgan fingerprint density at radius 2 is 1.87 bits per heavy atom. The lowest BCUT2D eigenvalue weighted by molar-refractivity contribution is 0.140. The number of benzene rings is 2.